The van der Waals surface area contributed by atoms with Crippen LogP contribution in [-0.2, 0) is 19.3 Å². The van der Waals surface area contributed by atoms with E-state index in [0.717, 1.165) is 47.5 Å². The zero-order valence-corrected chi connectivity index (χ0v) is 11.4. The summed E-state index contributed by atoms with van der Waals surface area (Å²) in [5, 5.41) is 1.16. The van der Waals surface area contributed by atoms with Gasteiger partial charge in [0.05, 0.1) is 5.39 Å². The van der Waals surface area contributed by atoms with Crippen molar-refractivity contribution in [2.45, 2.75) is 45.4 Å². The number of nitrogens with one attached hydrogen (secondary N) is 1. The second kappa shape index (κ2) is 4.82. The Kier molecular flexibility index (Phi) is 3.18. The summed E-state index contributed by atoms with van der Waals surface area (Å²) >= 11 is 1.82. The van der Waals surface area contributed by atoms with Crippen LogP contribution in [0.5, 0.6) is 0 Å². The number of hydrogen-bond donors (Lipinski definition) is 2. The van der Waals surface area contributed by atoms with E-state index < -0.39 is 0 Å². The Morgan fingerprint density at radius 1 is 1.33 bits per heavy atom. The Bertz CT molecular complexity index is 576. The lowest BCUT2D eigenvalue weighted by molar-refractivity contribution is 0.758. The molecule has 1 aliphatic rings. The Morgan fingerprint density at radius 2 is 2.22 bits per heavy atom. The zero-order chi connectivity index (χ0) is 12.5. The average Bonchev–Trinajstić information content (AvgIpc) is 2.95. The number of anilines is 1. The first-order valence-electron chi connectivity index (χ1n) is 6.61. The van der Waals surface area contributed by atoms with Crippen molar-refractivity contribution in [1.82, 2.24) is 9.97 Å². The smallest absolute Gasteiger partial charge is 0.152 e. The number of nitrogen functional groups attached to an aromatic ring is 1. The van der Waals surface area contributed by atoms with Gasteiger partial charge in [-0.25, -0.2) is 15.8 Å². The molecule has 1 aliphatic carbocycles. The van der Waals surface area contributed by atoms with Crippen LogP contribution in [0.15, 0.2) is 0 Å². The van der Waals surface area contributed by atoms with Crippen molar-refractivity contribution in [1.29, 1.82) is 0 Å². The van der Waals surface area contributed by atoms with E-state index in [2.05, 4.69) is 17.3 Å². The molecule has 0 aliphatic heterocycles. The molecule has 96 valence electrons. The third-order valence-corrected chi connectivity index (χ3v) is 4.69. The fraction of sp³-hybridized carbons (Fsp3) is 0.538. The maximum Gasteiger partial charge on any atom is 0.152 e. The third kappa shape index (κ3) is 1.87. The molecule has 0 amide bonds. The molecule has 3 rings (SSSR count). The Labute approximate surface area is 111 Å². The molecule has 3 N–H and O–H groups in total. The van der Waals surface area contributed by atoms with Gasteiger partial charge in [0.25, 0.3) is 0 Å². The largest absolute Gasteiger partial charge is 0.308 e. The van der Waals surface area contributed by atoms with Crippen LogP contribution in [0.1, 0.15) is 42.5 Å². The number of rotatable bonds is 4. The molecule has 5 heteroatoms. The van der Waals surface area contributed by atoms with Gasteiger partial charge >= 0.3 is 0 Å². The van der Waals surface area contributed by atoms with Gasteiger partial charge in [-0.2, -0.15) is 0 Å². The van der Waals surface area contributed by atoms with Gasteiger partial charge in [0, 0.05) is 11.3 Å². The highest BCUT2D eigenvalue weighted by molar-refractivity contribution is 7.19. The molecule has 0 unspecified atom stereocenters. The monoisotopic (exact) mass is 262 g/mol. The van der Waals surface area contributed by atoms with E-state index in [4.69, 9.17) is 10.8 Å². The van der Waals surface area contributed by atoms with Crippen LogP contribution in [-0.4, -0.2) is 9.97 Å². The minimum absolute atomic E-state index is 0.811. The van der Waals surface area contributed by atoms with Gasteiger partial charge in [0.2, 0.25) is 0 Å². The summed E-state index contributed by atoms with van der Waals surface area (Å²) in [5.41, 5.74) is 4.18. The zero-order valence-electron chi connectivity index (χ0n) is 10.6. The summed E-state index contributed by atoms with van der Waals surface area (Å²) in [6, 6.07) is 0. The van der Waals surface area contributed by atoms with Gasteiger partial charge in [-0.1, -0.05) is 13.3 Å². The van der Waals surface area contributed by atoms with Crippen LogP contribution in [0.3, 0.4) is 0 Å². The van der Waals surface area contributed by atoms with Crippen molar-refractivity contribution >= 4 is 27.4 Å². The van der Waals surface area contributed by atoms with E-state index in [1.165, 1.54) is 23.3 Å². The molecule has 2 heterocycles. The molecule has 0 fully saturated rings. The van der Waals surface area contributed by atoms with Crippen molar-refractivity contribution in [2.24, 2.45) is 5.84 Å². The van der Waals surface area contributed by atoms with Gasteiger partial charge in [-0.05, 0) is 31.2 Å². The number of thiophene rings is 1. The van der Waals surface area contributed by atoms with Gasteiger partial charge in [0.15, 0.2) is 5.82 Å². The summed E-state index contributed by atoms with van der Waals surface area (Å²) in [5.74, 6) is 7.36. The molecule has 2 aromatic heterocycles. The lowest BCUT2D eigenvalue weighted by Crippen LogP contribution is -2.11. The highest BCUT2D eigenvalue weighted by Crippen LogP contribution is 2.39. The van der Waals surface area contributed by atoms with Crippen molar-refractivity contribution in [2.75, 3.05) is 5.43 Å². The standard InChI is InChI=1S/C13H18N4S/c1-2-3-7-10-15-12(17-14)11-8-5-4-6-9(8)18-13(11)16-10/h2-7,14H2,1H3,(H,15,16,17). The van der Waals surface area contributed by atoms with Crippen LogP contribution in [0, 0.1) is 0 Å². The van der Waals surface area contributed by atoms with Crippen LogP contribution in [0.25, 0.3) is 10.2 Å². The van der Waals surface area contributed by atoms with Gasteiger partial charge in [-0.3, -0.25) is 0 Å². The number of hydrazine groups is 1. The van der Waals surface area contributed by atoms with E-state index in [0.29, 0.717) is 0 Å². The molecule has 18 heavy (non-hydrogen) atoms. The number of aryl methyl sites for hydroxylation is 3. The van der Waals surface area contributed by atoms with E-state index in [1.54, 1.807) is 0 Å². The molecule has 2 aromatic rings. The molecule has 0 saturated heterocycles. The van der Waals surface area contributed by atoms with E-state index in [9.17, 15) is 0 Å². The number of unbranched alkanes of at least 4 members (excludes halogenated alkanes) is 1. The lowest BCUT2D eigenvalue weighted by Gasteiger charge is -2.06. The number of nitrogens with zero attached hydrogens (tertiary/aromatic N) is 2. The lowest BCUT2D eigenvalue weighted by atomic mass is 10.2. The summed E-state index contributed by atoms with van der Waals surface area (Å²) in [6.07, 6.45) is 6.79. The molecule has 4 nitrogen and oxygen atoms in total. The maximum atomic E-state index is 5.63. The highest BCUT2D eigenvalue weighted by atomic mass is 32.1. The number of aromatic nitrogens is 2. The SMILES string of the molecule is CCCCc1nc(NN)c2c3c(sc2n1)CCC3. The maximum absolute atomic E-state index is 5.63. The first-order valence-corrected chi connectivity index (χ1v) is 7.43. The fourth-order valence-electron chi connectivity index (χ4n) is 2.59. The predicted octanol–water partition coefficient (Wildman–Crippen LogP) is 2.81. The molecule has 0 atom stereocenters. The second-order valence-corrected chi connectivity index (χ2v) is 5.86. The summed E-state index contributed by atoms with van der Waals surface area (Å²) in [7, 11) is 0. The van der Waals surface area contributed by atoms with Gasteiger partial charge in [0.1, 0.15) is 10.7 Å². The molecular weight excluding hydrogens is 244 g/mol. The Hall–Kier alpha value is -1.20. The number of hydrogen-bond acceptors (Lipinski definition) is 5. The van der Waals surface area contributed by atoms with Crippen LogP contribution in [0.4, 0.5) is 5.82 Å². The first-order chi connectivity index (χ1) is 8.83. The van der Waals surface area contributed by atoms with Gasteiger partial charge in [-0.15, -0.1) is 11.3 Å². The second-order valence-electron chi connectivity index (χ2n) is 4.77. The van der Waals surface area contributed by atoms with E-state index in [1.807, 2.05) is 11.3 Å². The summed E-state index contributed by atoms with van der Waals surface area (Å²) in [4.78, 5) is 11.8. The normalized spacial score (nSPS) is 14.1. The molecule has 0 saturated carbocycles. The summed E-state index contributed by atoms with van der Waals surface area (Å²) in [6.45, 7) is 2.18. The molecule has 0 bridgehead atoms. The molecular formula is C13H18N4S. The predicted molar refractivity (Wildman–Crippen MR) is 75.9 cm³/mol. The Morgan fingerprint density at radius 3 is 3.00 bits per heavy atom. The molecule has 0 aromatic carbocycles. The van der Waals surface area contributed by atoms with Gasteiger partial charge < -0.3 is 5.43 Å². The van der Waals surface area contributed by atoms with Crippen LogP contribution < -0.4 is 11.3 Å². The van der Waals surface area contributed by atoms with Crippen molar-refractivity contribution < 1.29 is 0 Å². The van der Waals surface area contributed by atoms with Crippen LogP contribution >= 0.6 is 11.3 Å². The van der Waals surface area contributed by atoms with Crippen LogP contribution in [0.2, 0.25) is 0 Å². The summed E-state index contributed by atoms with van der Waals surface area (Å²) < 4.78 is 0. The third-order valence-electron chi connectivity index (χ3n) is 3.50. The van der Waals surface area contributed by atoms with E-state index >= 15 is 0 Å². The highest BCUT2D eigenvalue weighted by Gasteiger charge is 2.21. The quantitative estimate of drug-likeness (QED) is 0.657. The Balaban J connectivity index is 2.11. The van der Waals surface area contributed by atoms with Crippen molar-refractivity contribution in [3.63, 3.8) is 0 Å². The van der Waals surface area contributed by atoms with Crippen molar-refractivity contribution in [3.05, 3.63) is 16.3 Å². The van der Waals surface area contributed by atoms with E-state index in [-0.39, 0.29) is 0 Å². The topological polar surface area (TPSA) is 63.8 Å². The average molecular weight is 262 g/mol. The minimum Gasteiger partial charge on any atom is -0.308 e. The van der Waals surface area contributed by atoms with Crippen molar-refractivity contribution in [3.8, 4) is 0 Å². The number of fused-ring (bicyclic) bond motifs is 3. The molecule has 0 spiro atoms. The number of nitrogens with two attached hydrogens (primary N) is 1. The molecule has 0 radical (unpaired) electrons. The fourth-order valence-corrected chi connectivity index (χ4v) is 3.87. The minimum atomic E-state index is 0.811. The first kappa shape index (κ1) is 11.9.